The van der Waals surface area contributed by atoms with E-state index in [1.807, 2.05) is 43.3 Å². The van der Waals surface area contributed by atoms with Gasteiger partial charge >= 0.3 is 0 Å². The van der Waals surface area contributed by atoms with Gasteiger partial charge in [-0.05, 0) is 56.2 Å². The first-order valence-corrected chi connectivity index (χ1v) is 11.7. The molecule has 0 saturated carbocycles. The monoisotopic (exact) mass is 419 g/mol. The van der Waals surface area contributed by atoms with Gasteiger partial charge in [-0.15, -0.1) is 11.8 Å². The SMILES string of the molecule is Cc1ccc(S(=O)(=O)C2(CCCC#Cc3ccc(Cl)cc3)CNCS2)cc1. The van der Waals surface area contributed by atoms with Crippen LogP contribution in [0.1, 0.15) is 30.4 Å². The van der Waals surface area contributed by atoms with E-state index < -0.39 is 13.9 Å². The van der Waals surface area contributed by atoms with Crippen molar-refractivity contribution in [2.75, 3.05) is 12.4 Å². The summed E-state index contributed by atoms with van der Waals surface area (Å²) >= 11 is 7.36. The van der Waals surface area contributed by atoms with Crippen molar-refractivity contribution >= 4 is 33.2 Å². The molecule has 0 amide bonds. The predicted molar refractivity (Wildman–Crippen MR) is 114 cm³/mol. The summed E-state index contributed by atoms with van der Waals surface area (Å²) in [7, 11) is -3.42. The maximum atomic E-state index is 13.3. The zero-order valence-electron chi connectivity index (χ0n) is 15.2. The Morgan fingerprint density at radius 2 is 1.85 bits per heavy atom. The first kappa shape index (κ1) is 20.3. The Hall–Kier alpha value is -1.45. The zero-order valence-corrected chi connectivity index (χ0v) is 17.6. The van der Waals surface area contributed by atoms with E-state index >= 15 is 0 Å². The van der Waals surface area contributed by atoms with Crippen LogP contribution in [0.2, 0.25) is 5.02 Å². The lowest BCUT2D eigenvalue weighted by molar-refractivity contribution is 0.548. The maximum absolute atomic E-state index is 13.3. The summed E-state index contributed by atoms with van der Waals surface area (Å²) in [6.07, 6.45) is 1.98. The molecule has 1 atom stereocenters. The van der Waals surface area contributed by atoms with Gasteiger partial charge in [0.25, 0.3) is 0 Å². The van der Waals surface area contributed by atoms with E-state index in [0.717, 1.165) is 17.5 Å². The van der Waals surface area contributed by atoms with Crippen molar-refractivity contribution in [1.82, 2.24) is 5.32 Å². The Morgan fingerprint density at radius 1 is 1.15 bits per heavy atom. The van der Waals surface area contributed by atoms with Crippen LogP contribution in [-0.4, -0.2) is 24.9 Å². The summed E-state index contributed by atoms with van der Waals surface area (Å²) < 4.78 is 25.7. The summed E-state index contributed by atoms with van der Waals surface area (Å²) in [5.74, 6) is 6.90. The molecule has 1 aliphatic heterocycles. The molecule has 3 rings (SSSR count). The average Bonchev–Trinajstić information content (AvgIpc) is 3.14. The van der Waals surface area contributed by atoms with Gasteiger partial charge in [0, 0.05) is 29.4 Å². The van der Waals surface area contributed by atoms with Gasteiger partial charge in [-0.25, -0.2) is 8.42 Å². The topological polar surface area (TPSA) is 46.2 Å². The van der Waals surface area contributed by atoms with E-state index in [0.29, 0.717) is 35.2 Å². The van der Waals surface area contributed by atoms with Gasteiger partial charge in [0.2, 0.25) is 0 Å². The molecule has 1 fully saturated rings. The Morgan fingerprint density at radius 3 is 2.48 bits per heavy atom. The number of aryl methyl sites for hydroxylation is 1. The Bertz CT molecular complexity index is 936. The maximum Gasteiger partial charge on any atom is 0.194 e. The van der Waals surface area contributed by atoms with E-state index in [4.69, 9.17) is 11.6 Å². The molecule has 1 heterocycles. The van der Waals surface area contributed by atoms with Gasteiger partial charge in [-0.2, -0.15) is 0 Å². The summed E-state index contributed by atoms with van der Waals surface area (Å²) in [6.45, 7) is 2.43. The van der Waals surface area contributed by atoms with Gasteiger partial charge < -0.3 is 5.32 Å². The number of thioether (sulfide) groups is 1. The molecule has 0 aliphatic carbocycles. The molecule has 6 heteroatoms. The molecule has 27 heavy (non-hydrogen) atoms. The summed E-state index contributed by atoms with van der Waals surface area (Å²) in [4.78, 5) is 0.400. The highest BCUT2D eigenvalue weighted by Crippen LogP contribution is 2.42. The molecule has 1 aliphatic rings. The molecule has 1 saturated heterocycles. The number of hydrogen-bond acceptors (Lipinski definition) is 4. The molecule has 1 unspecified atom stereocenters. The third-order valence-electron chi connectivity index (χ3n) is 4.59. The molecule has 1 N–H and O–H groups in total. The summed E-state index contributed by atoms with van der Waals surface area (Å²) in [5.41, 5.74) is 1.97. The van der Waals surface area contributed by atoms with Crippen molar-refractivity contribution in [3.05, 3.63) is 64.7 Å². The molecular weight excluding hydrogens is 398 g/mol. The lowest BCUT2D eigenvalue weighted by atomic mass is 10.1. The Balaban J connectivity index is 1.68. The quantitative estimate of drug-likeness (QED) is 0.566. The fourth-order valence-electron chi connectivity index (χ4n) is 3.02. The molecule has 3 nitrogen and oxygen atoms in total. The Labute approximate surface area is 170 Å². The molecule has 0 spiro atoms. The van der Waals surface area contributed by atoms with Gasteiger partial charge in [0.1, 0.15) is 4.08 Å². The van der Waals surface area contributed by atoms with Gasteiger partial charge in [-0.3, -0.25) is 0 Å². The summed E-state index contributed by atoms with van der Waals surface area (Å²) in [5, 5.41) is 3.90. The van der Waals surface area contributed by atoms with E-state index in [2.05, 4.69) is 17.2 Å². The molecule has 0 bridgehead atoms. The first-order chi connectivity index (χ1) is 12.9. The second-order valence-corrected chi connectivity index (χ2v) is 10.9. The predicted octanol–water partition coefficient (Wildman–Crippen LogP) is 4.63. The average molecular weight is 420 g/mol. The third kappa shape index (κ3) is 4.70. The number of rotatable bonds is 5. The van der Waals surface area contributed by atoms with Crippen molar-refractivity contribution in [1.29, 1.82) is 0 Å². The smallest absolute Gasteiger partial charge is 0.194 e. The lowest BCUT2D eigenvalue weighted by Gasteiger charge is -2.27. The highest BCUT2D eigenvalue weighted by atomic mass is 35.5. The van der Waals surface area contributed by atoms with Crippen LogP contribution in [0, 0.1) is 18.8 Å². The first-order valence-electron chi connectivity index (χ1n) is 8.83. The second kappa shape index (κ2) is 8.70. The highest BCUT2D eigenvalue weighted by molar-refractivity contribution is 8.15. The van der Waals surface area contributed by atoms with Crippen LogP contribution in [0.15, 0.2) is 53.4 Å². The molecular formula is C21H22ClNO2S2. The van der Waals surface area contributed by atoms with Crippen LogP contribution in [0.25, 0.3) is 0 Å². The van der Waals surface area contributed by atoms with Gasteiger partial charge in [0.15, 0.2) is 9.84 Å². The van der Waals surface area contributed by atoms with Crippen LogP contribution in [-0.2, 0) is 9.84 Å². The molecule has 0 radical (unpaired) electrons. The number of sulfone groups is 1. The fourth-order valence-corrected chi connectivity index (χ4v) is 6.82. The Kier molecular flexibility index (Phi) is 6.54. The fraction of sp³-hybridized carbons (Fsp3) is 0.333. The molecule has 2 aromatic rings. The normalized spacial score (nSPS) is 19.5. The van der Waals surface area contributed by atoms with Crippen LogP contribution < -0.4 is 5.32 Å². The number of benzene rings is 2. The standard InChI is InChI=1S/C21H22ClNO2S2/c1-17-6-12-20(13-7-17)27(24,25)21(15-23-16-26-21)14-4-2-3-5-18-8-10-19(22)11-9-18/h6-13,23H,2,4,14-16H2,1H3. The minimum Gasteiger partial charge on any atom is -0.305 e. The minimum atomic E-state index is -3.42. The van der Waals surface area contributed by atoms with Crippen molar-refractivity contribution in [2.45, 2.75) is 35.2 Å². The number of halogens is 1. The van der Waals surface area contributed by atoms with Crippen molar-refractivity contribution in [3.8, 4) is 11.8 Å². The second-order valence-electron chi connectivity index (χ2n) is 6.60. The van der Waals surface area contributed by atoms with Crippen molar-refractivity contribution in [2.24, 2.45) is 0 Å². The number of hydrogen-bond donors (Lipinski definition) is 1. The number of unbranched alkanes of at least 4 members (excludes halogenated alkanes) is 1. The van der Waals surface area contributed by atoms with Crippen molar-refractivity contribution in [3.63, 3.8) is 0 Å². The van der Waals surface area contributed by atoms with E-state index in [1.54, 1.807) is 12.1 Å². The largest absolute Gasteiger partial charge is 0.305 e. The highest BCUT2D eigenvalue weighted by Gasteiger charge is 2.47. The molecule has 142 valence electrons. The van der Waals surface area contributed by atoms with Gasteiger partial charge in [-0.1, -0.05) is 41.1 Å². The van der Waals surface area contributed by atoms with Crippen LogP contribution in [0.4, 0.5) is 0 Å². The molecule has 2 aromatic carbocycles. The summed E-state index contributed by atoms with van der Waals surface area (Å²) in [6, 6.07) is 14.5. The minimum absolute atomic E-state index is 0.400. The van der Waals surface area contributed by atoms with E-state index in [-0.39, 0.29) is 0 Å². The van der Waals surface area contributed by atoms with Crippen LogP contribution in [0.5, 0.6) is 0 Å². The van der Waals surface area contributed by atoms with Crippen molar-refractivity contribution < 1.29 is 8.42 Å². The zero-order chi connectivity index (χ0) is 19.3. The van der Waals surface area contributed by atoms with Crippen LogP contribution >= 0.6 is 23.4 Å². The van der Waals surface area contributed by atoms with E-state index in [9.17, 15) is 8.42 Å². The third-order valence-corrected chi connectivity index (χ3v) is 9.30. The van der Waals surface area contributed by atoms with E-state index in [1.165, 1.54) is 11.8 Å². The molecule has 0 aromatic heterocycles. The lowest BCUT2D eigenvalue weighted by Crippen LogP contribution is -2.38. The van der Waals surface area contributed by atoms with Crippen LogP contribution in [0.3, 0.4) is 0 Å². The van der Waals surface area contributed by atoms with Gasteiger partial charge in [0.05, 0.1) is 4.90 Å². The number of nitrogens with one attached hydrogen (secondary N) is 1.